The summed E-state index contributed by atoms with van der Waals surface area (Å²) in [7, 11) is 0. The summed E-state index contributed by atoms with van der Waals surface area (Å²) in [6.45, 7) is 2.05. The third kappa shape index (κ3) is 4.17. The van der Waals surface area contributed by atoms with E-state index in [1.54, 1.807) is 6.20 Å². The first kappa shape index (κ1) is 18.1. The fourth-order valence-corrected chi connectivity index (χ4v) is 3.21. The van der Waals surface area contributed by atoms with Crippen LogP contribution in [-0.4, -0.2) is 15.8 Å². The molecule has 4 heteroatoms. The van der Waals surface area contributed by atoms with Crippen LogP contribution in [0.3, 0.4) is 0 Å². The van der Waals surface area contributed by atoms with Crippen molar-refractivity contribution in [2.75, 3.05) is 0 Å². The molecule has 0 aliphatic carbocycles. The number of aryl methyl sites for hydroxylation is 2. The summed E-state index contributed by atoms with van der Waals surface area (Å²) in [4.78, 5) is 21.1. The summed E-state index contributed by atoms with van der Waals surface area (Å²) in [6.07, 6.45) is 4.96. The first-order valence-electron chi connectivity index (χ1n) is 9.60. The van der Waals surface area contributed by atoms with Crippen molar-refractivity contribution in [3.8, 4) is 11.1 Å². The molecule has 2 aromatic heterocycles. The highest BCUT2D eigenvalue weighted by Gasteiger charge is 2.15. The van der Waals surface area contributed by atoms with E-state index in [1.165, 1.54) is 11.1 Å². The summed E-state index contributed by atoms with van der Waals surface area (Å²) in [5, 5.41) is 0. The number of pyridine rings is 1. The van der Waals surface area contributed by atoms with Gasteiger partial charge in [0.25, 0.3) is 5.89 Å². The average molecular weight is 370 g/mol. The standard InChI is InChI=1S/C24H22N2O2/c1-17-11-13-19(14-12-17)20-15-22-23(25-16-20)26-24(28-22)21(27)10-6-5-9-18-7-3-2-4-8-18/h2-4,7-8,11-16H,5-6,9-10H2,1H3. The number of carbonyl (C=O) groups is 1. The number of Topliss-reactive ketones (excluding diaryl/α,β-unsaturated/α-hetero) is 1. The van der Waals surface area contributed by atoms with Crippen molar-refractivity contribution in [3.05, 3.63) is 83.9 Å². The second-order valence-corrected chi connectivity index (χ2v) is 7.05. The van der Waals surface area contributed by atoms with E-state index in [9.17, 15) is 4.79 Å². The van der Waals surface area contributed by atoms with E-state index >= 15 is 0 Å². The van der Waals surface area contributed by atoms with E-state index < -0.39 is 0 Å². The molecule has 4 aromatic rings. The lowest BCUT2D eigenvalue weighted by Crippen LogP contribution is -1.99. The Hall–Kier alpha value is -3.27. The number of ketones is 1. The fourth-order valence-electron chi connectivity index (χ4n) is 3.21. The molecule has 0 aliphatic heterocycles. The van der Waals surface area contributed by atoms with Crippen molar-refractivity contribution in [3.63, 3.8) is 0 Å². The van der Waals surface area contributed by atoms with Gasteiger partial charge in [0.15, 0.2) is 11.2 Å². The first-order chi connectivity index (χ1) is 13.7. The molecular formula is C24H22N2O2. The van der Waals surface area contributed by atoms with Crippen molar-refractivity contribution < 1.29 is 9.21 Å². The zero-order valence-corrected chi connectivity index (χ0v) is 15.9. The number of hydrogen-bond donors (Lipinski definition) is 0. The number of unbranched alkanes of at least 4 members (excludes halogenated alkanes) is 1. The van der Waals surface area contributed by atoms with Gasteiger partial charge in [0.1, 0.15) is 0 Å². The summed E-state index contributed by atoms with van der Waals surface area (Å²) in [5.41, 5.74) is 5.53. The van der Waals surface area contributed by atoms with Crippen LogP contribution in [0.2, 0.25) is 0 Å². The first-order valence-corrected chi connectivity index (χ1v) is 9.60. The zero-order valence-electron chi connectivity index (χ0n) is 15.9. The van der Waals surface area contributed by atoms with Gasteiger partial charge in [-0.25, -0.2) is 4.98 Å². The quantitative estimate of drug-likeness (QED) is 0.305. The van der Waals surface area contributed by atoms with Crippen LogP contribution in [0.5, 0.6) is 0 Å². The summed E-state index contributed by atoms with van der Waals surface area (Å²) in [5.74, 6) is 0.0891. The number of fused-ring (bicyclic) bond motifs is 1. The lowest BCUT2D eigenvalue weighted by molar-refractivity contribution is 0.0948. The van der Waals surface area contributed by atoms with Crippen LogP contribution in [0.25, 0.3) is 22.4 Å². The molecule has 140 valence electrons. The molecule has 2 heterocycles. The Labute approximate surface area is 164 Å². The second-order valence-electron chi connectivity index (χ2n) is 7.05. The molecule has 0 radical (unpaired) electrons. The number of nitrogens with zero attached hydrogens (tertiary/aromatic N) is 2. The number of aromatic nitrogens is 2. The van der Waals surface area contributed by atoms with Crippen LogP contribution in [0.1, 0.15) is 41.1 Å². The third-order valence-electron chi connectivity index (χ3n) is 4.83. The number of carbonyl (C=O) groups excluding carboxylic acids is 1. The van der Waals surface area contributed by atoms with Gasteiger partial charge < -0.3 is 4.42 Å². The maximum Gasteiger partial charge on any atom is 0.265 e. The molecule has 0 saturated carbocycles. The van der Waals surface area contributed by atoms with E-state index in [2.05, 4.69) is 41.2 Å². The van der Waals surface area contributed by atoms with Gasteiger partial charge in [-0.15, -0.1) is 0 Å². The lowest BCUT2D eigenvalue weighted by atomic mass is 10.1. The average Bonchev–Trinajstić information content (AvgIpc) is 3.16. The van der Waals surface area contributed by atoms with Gasteiger partial charge in [-0.1, -0.05) is 60.2 Å². The van der Waals surface area contributed by atoms with Crippen LogP contribution < -0.4 is 0 Å². The van der Waals surface area contributed by atoms with Gasteiger partial charge in [-0.2, -0.15) is 4.98 Å². The van der Waals surface area contributed by atoms with Crippen molar-refractivity contribution >= 4 is 17.0 Å². The Kier molecular flexibility index (Phi) is 5.29. The monoisotopic (exact) mass is 370 g/mol. The normalized spacial score (nSPS) is 11.0. The fraction of sp³-hybridized carbons (Fsp3) is 0.208. The van der Waals surface area contributed by atoms with Crippen molar-refractivity contribution in [2.24, 2.45) is 0 Å². The summed E-state index contributed by atoms with van der Waals surface area (Å²) >= 11 is 0. The third-order valence-corrected chi connectivity index (χ3v) is 4.83. The highest BCUT2D eigenvalue weighted by Crippen LogP contribution is 2.24. The van der Waals surface area contributed by atoms with Crippen molar-refractivity contribution in [1.29, 1.82) is 0 Å². The minimum atomic E-state index is -0.0667. The summed E-state index contributed by atoms with van der Waals surface area (Å²) < 4.78 is 5.71. The topological polar surface area (TPSA) is 56.0 Å². The van der Waals surface area contributed by atoms with Crippen LogP contribution in [0, 0.1) is 6.92 Å². The van der Waals surface area contributed by atoms with Crippen LogP contribution >= 0.6 is 0 Å². The number of hydrogen-bond acceptors (Lipinski definition) is 4. The van der Waals surface area contributed by atoms with Crippen molar-refractivity contribution in [1.82, 2.24) is 9.97 Å². The maximum absolute atomic E-state index is 12.4. The predicted octanol–water partition coefficient (Wildman–Crippen LogP) is 5.79. The number of benzene rings is 2. The van der Waals surface area contributed by atoms with Gasteiger partial charge in [0, 0.05) is 18.2 Å². The molecule has 28 heavy (non-hydrogen) atoms. The molecule has 0 aliphatic rings. The van der Waals surface area contributed by atoms with Crippen LogP contribution in [0.4, 0.5) is 0 Å². The SMILES string of the molecule is Cc1ccc(-c2cnc3nc(C(=O)CCCCc4ccccc4)oc3c2)cc1. The highest BCUT2D eigenvalue weighted by atomic mass is 16.4. The van der Waals surface area contributed by atoms with E-state index in [0.717, 1.165) is 30.4 Å². The molecular weight excluding hydrogens is 348 g/mol. The molecule has 4 nitrogen and oxygen atoms in total. The maximum atomic E-state index is 12.4. The highest BCUT2D eigenvalue weighted by molar-refractivity contribution is 5.93. The molecule has 0 unspecified atom stereocenters. The van der Waals surface area contributed by atoms with Crippen LogP contribution in [-0.2, 0) is 6.42 Å². The molecule has 0 atom stereocenters. The Morgan fingerprint density at radius 1 is 0.964 bits per heavy atom. The predicted molar refractivity (Wildman–Crippen MR) is 110 cm³/mol. The van der Waals surface area contributed by atoms with E-state index in [4.69, 9.17) is 4.42 Å². The van der Waals surface area contributed by atoms with E-state index in [0.29, 0.717) is 17.7 Å². The minimum Gasteiger partial charge on any atom is -0.432 e. The molecule has 0 N–H and O–H groups in total. The molecule has 4 rings (SSSR count). The smallest absolute Gasteiger partial charge is 0.265 e. The van der Waals surface area contributed by atoms with Gasteiger partial charge >= 0.3 is 0 Å². The Balaban J connectivity index is 1.41. The molecule has 0 fully saturated rings. The Morgan fingerprint density at radius 2 is 1.75 bits per heavy atom. The number of rotatable bonds is 7. The molecule has 0 bridgehead atoms. The van der Waals surface area contributed by atoms with E-state index in [-0.39, 0.29) is 11.7 Å². The number of oxazole rings is 1. The Bertz CT molecular complexity index is 1080. The Morgan fingerprint density at radius 3 is 2.54 bits per heavy atom. The van der Waals surface area contributed by atoms with E-state index in [1.807, 2.05) is 36.4 Å². The van der Waals surface area contributed by atoms with Gasteiger partial charge in [0.2, 0.25) is 5.78 Å². The van der Waals surface area contributed by atoms with Gasteiger partial charge in [-0.3, -0.25) is 4.79 Å². The van der Waals surface area contributed by atoms with Crippen molar-refractivity contribution in [2.45, 2.75) is 32.6 Å². The second kappa shape index (κ2) is 8.17. The molecule has 0 spiro atoms. The summed E-state index contributed by atoms with van der Waals surface area (Å²) in [6, 6.07) is 20.4. The molecule has 0 amide bonds. The minimum absolute atomic E-state index is 0.0667. The van der Waals surface area contributed by atoms with Gasteiger partial charge in [-0.05, 0) is 43.4 Å². The van der Waals surface area contributed by atoms with Crippen LogP contribution in [0.15, 0.2) is 71.3 Å². The zero-order chi connectivity index (χ0) is 19.3. The van der Waals surface area contributed by atoms with Gasteiger partial charge in [0.05, 0.1) is 0 Å². The molecule has 2 aromatic carbocycles. The molecule has 0 saturated heterocycles. The lowest BCUT2D eigenvalue weighted by Gasteiger charge is -2.01. The largest absolute Gasteiger partial charge is 0.432 e.